The Hall–Kier alpha value is -1.25. The van der Waals surface area contributed by atoms with Crippen molar-refractivity contribution in [3.63, 3.8) is 0 Å². The summed E-state index contributed by atoms with van der Waals surface area (Å²) in [6.07, 6.45) is 4.86. The zero-order valence-electron chi connectivity index (χ0n) is 10.5. The molecule has 0 saturated heterocycles. The molecule has 0 heterocycles. The van der Waals surface area contributed by atoms with E-state index in [2.05, 4.69) is 4.99 Å². The maximum atomic E-state index is 13.2. The van der Waals surface area contributed by atoms with E-state index in [-0.39, 0.29) is 10.6 Å². The molecule has 0 unspecified atom stereocenters. The molecular weight excluding hydrogens is 272 g/mol. The molecule has 1 aromatic rings. The zero-order valence-corrected chi connectivity index (χ0v) is 11.3. The van der Waals surface area contributed by atoms with Gasteiger partial charge in [-0.05, 0) is 24.5 Å². The number of hydrogen-bond acceptors (Lipinski definition) is 2. The van der Waals surface area contributed by atoms with E-state index in [1.165, 1.54) is 12.1 Å². The molecule has 1 aliphatic rings. The molecular formula is C14H14ClF2NO. The lowest BCUT2D eigenvalue weighted by Gasteiger charge is -2.25. The zero-order chi connectivity index (χ0) is 14.1. The van der Waals surface area contributed by atoms with Gasteiger partial charge in [-0.2, -0.15) is 4.99 Å². The van der Waals surface area contributed by atoms with Crippen LogP contribution in [0, 0.1) is 0 Å². The Bertz CT molecular complexity index is 527. The molecule has 0 amide bonds. The third-order valence-electron chi connectivity index (χ3n) is 3.67. The van der Waals surface area contributed by atoms with Crippen molar-refractivity contribution >= 4 is 17.7 Å². The van der Waals surface area contributed by atoms with E-state index in [0.717, 1.165) is 19.8 Å². The molecule has 102 valence electrons. The minimum Gasteiger partial charge on any atom is -0.211 e. The summed E-state index contributed by atoms with van der Waals surface area (Å²) >= 11 is 6.12. The number of nitrogens with zero attached hydrogens (tertiary/aromatic N) is 1. The van der Waals surface area contributed by atoms with E-state index in [1.807, 2.05) is 0 Å². The van der Waals surface area contributed by atoms with Crippen LogP contribution in [-0.2, 0) is 16.3 Å². The van der Waals surface area contributed by atoms with Crippen LogP contribution < -0.4 is 0 Å². The fraction of sp³-hybridized carbons (Fsp3) is 0.500. The van der Waals surface area contributed by atoms with Crippen molar-refractivity contribution < 1.29 is 13.6 Å². The number of hydrogen-bond donors (Lipinski definition) is 0. The Morgan fingerprint density at radius 3 is 2.47 bits per heavy atom. The lowest BCUT2D eigenvalue weighted by Crippen LogP contribution is -2.20. The molecule has 0 N–H and O–H groups in total. The number of rotatable bonds is 3. The highest BCUT2D eigenvalue weighted by Gasteiger charge is 2.38. The quantitative estimate of drug-likeness (QED) is 0.591. The molecule has 19 heavy (non-hydrogen) atoms. The van der Waals surface area contributed by atoms with Gasteiger partial charge in [-0.25, -0.2) is 13.6 Å². The first kappa shape index (κ1) is 14.2. The van der Waals surface area contributed by atoms with Gasteiger partial charge < -0.3 is 0 Å². The Morgan fingerprint density at radius 2 is 2.00 bits per heavy atom. The summed E-state index contributed by atoms with van der Waals surface area (Å²) in [5.74, 6) is -2.93. The van der Waals surface area contributed by atoms with Gasteiger partial charge >= 0.3 is 0 Å². The second-order valence-corrected chi connectivity index (χ2v) is 5.43. The summed E-state index contributed by atoms with van der Waals surface area (Å²) in [5.41, 5.74) is -0.173. The maximum absolute atomic E-state index is 13.2. The average Bonchev–Trinajstić information content (AvgIpc) is 2.77. The second-order valence-electron chi connectivity index (χ2n) is 5.02. The van der Waals surface area contributed by atoms with Crippen molar-refractivity contribution in [3.05, 3.63) is 34.3 Å². The second kappa shape index (κ2) is 5.03. The standard InChI is InChI=1S/C14H14ClF2NO/c1-13(16,17)10-4-5-11(12(15)8-10)14(18-9-19)6-2-3-7-14/h4-5,8H,2-3,6-7H2,1H3. The highest BCUT2D eigenvalue weighted by molar-refractivity contribution is 6.31. The van der Waals surface area contributed by atoms with Gasteiger partial charge in [0.05, 0.1) is 5.54 Å². The largest absolute Gasteiger partial charge is 0.270 e. The fourth-order valence-electron chi connectivity index (χ4n) is 2.65. The smallest absolute Gasteiger partial charge is 0.211 e. The molecule has 0 radical (unpaired) electrons. The predicted molar refractivity (Wildman–Crippen MR) is 69.3 cm³/mol. The SMILES string of the molecule is CC(F)(F)c1ccc(C2(N=C=O)CCCC2)c(Cl)c1. The number of benzene rings is 1. The first-order chi connectivity index (χ1) is 8.89. The van der Waals surface area contributed by atoms with Gasteiger partial charge in [0.15, 0.2) is 0 Å². The number of alkyl halides is 2. The van der Waals surface area contributed by atoms with Crippen molar-refractivity contribution in [3.8, 4) is 0 Å². The molecule has 0 atom stereocenters. The third-order valence-corrected chi connectivity index (χ3v) is 3.98. The van der Waals surface area contributed by atoms with Crippen LogP contribution in [-0.4, -0.2) is 6.08 Å². The average molecular weight is 286 g/mol. The molecule has 5 heteroatoms. The molecule has 1 fully saturated rings. The normalized spacial score (nSPS) is 18.1. The van der Waals surface area contributed by atoms with Gasteiger partial charge in [-0.3, -0.25) is 0 Å². The van der Waals surface area contributed by atoms with Gasteiger partial charge in [0.2, 0.25) is 6.08 Å². The van der Waals surface area contributed by atoms with E-state index in [4.69, 9.17) is 11.6 Å². The van der Waals surface area contributed by atoms with Crippen LogP contribution >= 0.6 is 11.6 Å². The first-order valence-corrected chi connectivity index (χ1v) is 6.54. The van der Waals surface area contributed by atoms with Gasteiger partial charge in [-0.15, -0.1) is 0 Å². The van der Waals surface area contributed by atoms with Crippen molar-refractivity contribution in [2.75, 3.05) is 0 Å². The van der Waals surface area contributed by atoms with Crippen LogP contribution in [0.2, 0.25) is 5.02 Å². The van der Waals surface area contributed by atoms with Crippen LogP contribution in [0.1, 0.15) is 43.7 Å². The predicted octanol–water partition coefficient (Wildman–Crippen LogP) is 4.56. The minimum atomic E-state index is -2.93. The highest BCUT2D eigenvalue weighted by atomic mass is 35.5. The Kier molecular flexibility index (Phi) is 3.75. The van der Waals surface area contributed by atoms with Crippen LogP contribution in [0.25, 0.3) is 0 Å². The third kappa shape index (κ3) is 2.70. The lowest BCUT2D eigenvalue weighted by atomic mass is 9.88. The van der Waals surface area contributed by atoms with Gasteiger partial charge in [0, 0.05) is 17.5 Å². The van der Waals surface area contributed by atoms with Gasteiger partial charge in [0.25, 0.3) is 5.92 Å². The van der Waals surface area contributed by atoms with E-state index < -0.39 is 11.5 Å². The molecule has 1 saturated carbocycles. The molecule has 0 aliphatic heterocycles. The van der Waals surface area contributed by atoms with Gasteiger partial charge in [0.1, 0.15) is 0 Å². The van der Waals surface area contributed by atoms with E-state index in [0.29, 0.717) is 18.4 Å². The molecule has 0 spiro atoms. The number of halogens is 3. The van der Waals surface area contributed by atoms with Crippen LogP contribution in [0.15, 0.2) is 23.2 Å². The highest BCUT2D eigenvalue weighted by Crippen LogP contribution is 2.45. The van der Waals surface area contributed by atoms with Crippen molar-refractivity contribution in [1.29, 1.82) is 0 Å². The number of aliphatic imine (C=N–C) groups is 1. The fourth-order valence-corrected chi connectivity index (χ4v) is 3.01. The van der Waals surface area contributed by atoms with E-state index in [1.54, 1.807) is 12.1 Å². The van der Waals surface area contributed by atoms with Crippen molar-refractivity contribution in [1.82, 2.24) is 0 Å². The summed E-state index contributed by atoms with van der Waals surface area (Å²) in [6, 6.07) is 4.17. The lowest BCUT2D eigenvalue weighted by molar-refractivity contribution is 0.0174. The molecule has 0 aromatic heterocycles. The number of carbonyl (C=O) groups excluding carboxylic acids is 1. The molecule has 1 aliphatic carbocycles. The molecule has 1 aromatic carbocycles. The first-order valence-electron chi connectivity index (χ1n) is 6.16. The van der Waals surface area contributed by atoms with Crippen LogP contribution in [0.4, 0.5) is 8.78 Å². The summed E-state index contributed by atoms with van der Waals surface area (Å²) in [7, 11) is 0. The van der Waals surface area contributed by atoms with Crippen molar-refractivity contribution in [2.24, 2.45) is 4.99 Å². The Morgan fingerprint density at radius 1 is 1.37 bits per heavy atom. The topological polar surface area (TPSA) is 29.4 Å². The summed E-state index contributed by atoms with van der Waals surface area (Å²) in [4.78, 5) is 14.5. The Balaban J connectivity index is 2.48. The summed E-state index contributed by atoms with van der Waals surface area (Å²) < 4.78 is 26.5. The van der Waals surface area contributed by atoms with Gasteiger partial charge in [-0.1, -0.05) is 36.6 Å². The van der Waals surface area contributed by atoms with E-state index in [9.17, 15) is 13.6 Å². The van der Waals surface area contributed by atoms with Crippen LogP contribution in [0.3, 0.4) is 0 Å². The van der Waals surface area contributed by atoms with Crippen LogP contribution in [0.5, 0.6) is 0 Å². The van der Waals surface area contributed by atoms with E-state index >= 15 is 0 Å². The summed E-state index contributed by atoms with van der Waals surface area (Å²) in [5, 5.41) is 0.236. The number of isocyanates is 1. The molecule has 2 rings (SSSR count). The maximum Gasteiger partial charge on any atom is 0.270 e. The molecule has 0 bridgehead atoms. The minimum absolute atomic E-state index is 0.135. The summed E-state index contributed by atoms with van der Waals surface area (Å²) in [6.45, 7) is 0.827. The Labute approximate surface area is 115 Å². The van der Waals surface area contributed by atoms with Crippen molar-refractivity contribution in [2.45, 2.75) is 44.1 Å². The molecule has 2 nitrogen and oxygen atoms in total. The monoisotopic (exact) mass is 285 g/mol.